The summed E-state index contributed by atoms with van der Waals surface area (Å²) in [6, 6.07) is 16.3. The van der Waals surface area contributed by atoms with Crippen molar-refractivity contribution < 1.29 is 29.0 Å². The molecule has 1 heterocycles. The summed E-state index contributed by atoms with van der Waals surface area (Å²) in [7, 11) is 0. The highest BCUT2D eigenvalue weighted by molar-refractivity contribution is 5.80. The van der Waals surface area contributed by atoms with Crippen LogP contribution in [0.1, 0.15) is 36.8 Å². The van der Waals surface area contributed by atoms with Crippen molar-refractivity contribution in [3.05, 3.63) is 59.7 Å². The zero-order chi connectivity index (χ0) is 24.1. The van der Waals surface area contributed by atoms with Crippen molar-refractivity contribution in [2.45, 2.75) is 31.8 Å². The molecule has 1 aliphatic carbocycles. The first-order chi connectivity index (χ1) is 16.5. The van der Waals surface area contributed by atoms with E-state index < -0.39 is 12.1 Å². The first kappa shape index (κ1) is 23.8. The fourth-order valence-electron chi connectivity index (χ4n) is 4.78. The van der Waals surface area contributed by atoms with Gasteiger partial charge in [-0.3, -0.25) is 9.59 Å². The smallest absolute Gasteiger partial charge is 0.407 e. The van der Waals surface area contributed by atoms with E-state index in [9.17, 15) is 14.4 Å². The molecule has 4 rings (SSSR count). The Balaban J connectivity index is 1.25. The first-order valence-corrected chi connectivity index (χ1v) is 11.7. The zero-order valence-corrected chi connectivity index (χ0v) is 19.2. The minimum absolute atomic E-state index is 0.00582. The Hall–Kier alpha value is -3.39. The number of carboxylic acids is 1. The van der Waals surface area contributed by atoms with Crippen LogP contribution in [0.15, 0.2) is 48.5 Å². The van der Waals surface area contributed by atoms with Gasteiger partial charge in [0, 0.05) is 25.6 Å². The summed E-state index contributed by atoms with van der Waals surface area (Å²) in [5.74, 6) is -1.37. The fraction of sp³-hybridized carbons (Fsp3) is 0.423. The van der Waals surface area contributed by atoms with Crippen LogP contribution in [0.25, 0.3) is 11.1 Å². The number of alkyl carbamates (subject to hydrolysis) is 1. The SMILES string of the molecule is CCN(CCC(=O)O)C(=O)C1COC(CNC(=O)OCC2c3ccccc3-c3ccccc32)C1. The fourth-order valence-corrected chi connectivity index (χ4v) is 4.78. The van der Waals surface area contributed by atoms with Gasteiger partial charge in [0.05, 0.1) is 25.0 Å². The van der Waals surface area contributed by atoms with Crippen molar-refractivity contribution in [1.82, 2.24) is 10.2 Å². The van der Waals surface area contributed by atoms with E-state index in [1.807, 2.05) is 31.2 Å². The molecule has 0 saturated carbocycles. The van der Waals surface area contributed by atoms with Crippen LogP contribution in [0, 0.1) is 5.92 Å². The molecular weight excluding hydrogens is 436 g/mol. The highest BCUT2D eigenvalue weighted by Crippen LogP contribution is 2.44. The van der Waals surface area contributed by atoms with Crippen molar-refractivity contribution in [1.29, 1.82) is 0 Å². The summed E-state index contributed by atoms with van der Waals surface area (Å²) in [5.41, 5.74) is 4.65. The van der Waals surface area contributed by atoms with Crippen LogP contribution < -0.4 is 5.32 Å². The van der Waals surface area contributed by atoms with Crippen molar-refractivity contribution >= 4 is 18.0 Å². The Morgan fingerprint density at radius 2 is 1.74 bits per heavy atom. The van der Waals surface area contributed by atoms with E-state index in [0.717, 1.165) is 11.1 Å². The largest absolute Gasteiger partial charge is 0.481 e. The number of nitrogens with one attached hydrogen (secondary N) is 1. The normalized spacial score (nSPS) is 18.7. The highest BCUT2D eigenvalue weighted by Gasteiger charge is 2.34. The Morgan fingerprint density at radius 3 is 2.35 bits per heavy atom. The molecule has 1 aliphatic heterocycles. The van der Waals surface area contributed by atoms with Gasteiger partial charge >= 0.3 is 12.1 Å². The van der Waals surface area contributed by atoms with E-state index >= 15 is 0 Å². The van der Waals surface area contributed by atoms with Gasteiger partial charge in [-0.25, -0.2) is 4.79 Å². The second-order valence-electron chi connectivity index (χ2n) is 8.66. The van der Waals surface area contributed by atoms with Gasteiger partial charge < -0.3 is 24.8 Å². The van der Waals surface area contributed by atoms with E-state index in [0.29, 0.717) is 13.0 Å². The van der Waals surface area contributed by atoms with Gasteiger partial charge in [0.1, 0.15) is 6.61 Å². The third kappa shape index (κ3) is 5.22. The highest BCUT2D eigenvalue weighted by atomic mass is 16.5. The standard InChI is InChI=1S/C26H30N2O6/c1-2-28(12-11-24(29)30)25(31)17-13-18(33-15-17)14-27-26(32)34-16-23-21-9-5-3-7-19(21)20-8-4-6-10-22(20)23/h3-10,17-18,23H,2,11-16H2,1H3,(H,27,32)(H,29,30). The van der Waals surface area contributed by atoms with E-state index in [1.165, 1.54) is 11.1 Å². The molecule has 2 amide bonds. The lowest BCUT2D eigenvalue weighted by Gasteiger charge is -2.23. The molecule has 0 aromatic heterocycles. The molecule has 180 valence electrons. The van der Waals surface area contributed by atoms with Gasteiger partial charge in [-0.1, -0.05) is 48.5 Å². The molecule has 0 radical (unpaired) electrons. The molecule has 1 fully saturated rings. The van der Waals surface area contributed by atoms with Gasteiger partial charge in [0.2, 0.25) is 5.91 Å². The monoisotopic (exact) mass is 466 g/mol. The predicted octanol–water partition coefficient (Wildman–Crippen LogP) is 3.25. The topological polar surface area (TPSA) is 105 Å². The summed E-state index contributed by atoms with van der Waals surface area (Å²) >= 11 is 0. The minimum atomic E-state index is -0.931. The molecule has 2 aromatic rings. The zero-order valence-electron chi connectivity index (χ0n) is 19.2. The van der Waals surface area contributed by atoms with Gasteiger partial charge in [-0.2, -0.15) is 0 Å². The molecule has 2 atom stereocenters. The molecule has 2 N–H and O–H groups in total. The molecule has 0 bridgehead atoms. The lowest BCUT2D eigenvalue weighted by molar-refractivity contribution is -0.139. The minimum Gasteiger partial charge on any atom is -0.481 e. The molecule has 2 aromatic carbocycles. The molecule has 0 spiro atoms. The Labute approximate surface area is 198 Å². The predicted molar refractivity (Wildman–Crippen MR) is 125 cm³/mol. The van der Waals surface area contributed by atoms with E-state index in [-0.39, 0.29) is 56.6 Å². The molecule has 1 saturated heterocycles. The summed E-state index contributed by atoms with van der Waals surface area (Å²) in [6.45, 7) is 3.21. The summed E-state index contributed by atoms with van der Waals surface area (Å²) in [5, 5.41) is 11.6. The lowest BCUT2D eigenvalue weighted by atomic mass is 9.98. The van der Waals surface area contributed by atoms with Crippen LogP contribution in [0.2, 0.25) is 0 Å². The van der Waals surface area contributed by atoms with Crippen LogP contribution in [0.3, 0.4) is 0 Å². The second-order valence-corrected chi connectivity index (χ2v) is 8.66. The average molecular weight is 467 g/mol. The van der Waals surface area contributed by atoms with Gasteiger partial charge in [0.25, 0.3) is 0 Å². The van der Waals surface area contributed by atoms with E-state index in [4.69, 9.17) is 14.6 Å². The van der Waals surface area contributed by atoms with Crippen molar-refractivity contribution in [2.75, 3.05) is 32.8 Å². The number of hydrogen-bond acceptors (Lipinski definition) is 5. The molecule has 2 aliphatic rings. The van der Waals surface area contributed by atoms with Crippen LogP contribution in [-0.2, 0) is 19.1 Å². The second kappa shape index (κ2) is 10.7. The van der Waals surface area contributed by atoms with Crippen LogP contribution >= 0.6 is 0 Å². The number of ether oxygens (including phenoxy) is 2. The Morgan fingerprint density at radius 1 is 1.09 bits per heavy atom. The van der Waals surface area contributed by atoms with E-state index in [1.54, 1.807) is 4.90 Å². The number of aliphatic carboxylic acids is 1. The maximum absolute atomic E-state index is 12.7. The van der Waals surface area contributed by atoms with Crippen LogP contribution in [0.5, 0.6) is 0 Å². The third-order valence-electron chi connectivity index (χ3n) is 6.54. The van der Waals surface area contributed by atoms with Gasteiger partial charge in [0.15, 0.2) is 0 Å². The number of amides is 2. The molecule has 34 heavy (non-hydrogen) atoms. The van der Waals surface area contributed by atoms with Gasteiger partial charge in [-0.15, -0.1) is 0 Å². The van der Waals surface area contributed by atoms with Crippen LogP contribution in [-0.4, -0.2) is 66.9 Å². The molecule has 2 unspecified atom stereocenters. The molecule has 8 nitrogen and oxygen atoms in total. The summed E-state index contributed by atoms with van der Waals surface area (Å²) < 4.78 is 11.2. The average Bonchev–Trinajstić information content (AvgIpc) is 3.44. The maximum Gasteiger partial charge on any atom is 0.407 e. The quantitative estimate of drug-likeness (QED) is 0.588. The van der Waals surface area contributed by atoms with Crippen molar-refractivity contribution in [2.24, 2.45) is 5.92 Å². The summed E-state index contributed by atoms with van der Waals surface area (Å²) in [6.07, 6.45) is -0.407. The number of carboxylic acid groups (broad SMARTS) is 1. The van der Waals surface area contributed by atoms with Crippen molar-refractivity contribution in [3.63, 3.8) is 0 Å². The Bertz CT molecular complexity index is 1010. The van der Waals surface area contributed by atoms with Gasteiger partial charge in [-0.05, 0) is 35.6 Å². The number of benzene rings is 2. The molecule has 8 heteroatoms. The van der Waals surface area contributed by atoms with Crippen molar-refractivity contribution in [3.8, 4) is 11.1 Å². The molecular formula is C26H30N2O6. The number of carbonyl (C=O) groups excluding carboxylic acids is 2. The number of nitrogens with zero attached hydrogens (tertiary/aromatic N) is 1. The van der Waals surface area contributed by atoms with E-state index in [2.05, 4.69) is 29.6 Å². The summed E-state index contributed by atoms with van der Waals surface area (Å²) in [4.78, 5) is 37.4. The lowest BCUT2D eigenvalue weighted by Crippen LogP contribution is -2.38. The number of carbonyl (C=O) groups is 3. The Kier molecular flexibility index (Phi) is 7.47. The first-order valence-electron chi connectivity index (χ1n) is 11.7. The number of fused-ring (bicyclic) bond motifs is 3. The maximum atomic E-state index is 12.7. The third-order valence-corrected chi connectivity index (χ3v) is 6.54. The number of rotatable bonds is 9. The number of hydrogen-bond donors (Lipinski definition) is 2. The van der Waals surface area contributed by atoms with Crippen LogP contribution in [0.4, 0.5) is 4.79 Å².